The van der Waals surface area contributed by atoms with Crippen LogP contribution in [0.1, 0.15) is 17.1 Å². The molecule has 0 bridgehead atoms. The Balaban J connectivity index is 1.20. The van der Waals surface area contributed by atoms with Gasteiger partial charge in [0, 0.05) is 10.9 Å². The van der Waals surface area contributed by atoms with Gasteiger partial charge in [0.1, 0.15) is 11.4 Å². The summed E-state index contributed by atoms with van der Waals surface area (Å²) in [6.45, 7) is 2.63. The van der Waals surface area contributed by atoms with Gasteiger partial charge in [-0.25, -0.2) is 0 Å². The molecule has 0 atom stereocenters. The third-order valence-corrected chi connectivity index (χ3v) is 8.14. The van der Waals surface area contributed by atoms with Crippen molar-refractivity contribution in [3.05, 3.63) is 90.0 Å². The molecular formula is C26H21N9S2. The highest BCUT2D eigenvalue weighted by atomic mass is 32.2. The molecule has 0 amide bonds. The molecule has 7 rings (SSSR count). The molecule has 4 aromatic heterocycles. The summed E-state index contributed by atoms with van der Waals surface area (Å²) in [6.07, 6.45) is 1.82. The fourth-order valence-corrected chi connectivity index (χ4v) is 6.42. The molecule has 4 heterocycles. The Morgan fingerprint density at radius 1 is 1.00 bits per heavy atom. The Bertz CT molecular complexity index is 1860. The highest BCUT2D eigenvalue weighted by Gasteiger charge is 2.18. The summed E-state index contributed by atoms with van der Waals surface area (Å²) in [4.78, 5) is 0.899. The van der Waals surface area contributed by atoms with Crippen LogP contribution in [0.4, 0.5) is 5.69 Å². The number of hydrogen-bond acceptors (Lipinski definition) is 8. The molecule has 11 heteroatoms. The molecule has 0 unspecified atom stereocenters. The minimum Gasteiger partial charge on any atom is -0.377 e. The molecule has 0 aliphatic rings. The lowest BCUT2D eigenvalue weighted by Gasteiger charge is -2.09. The molecule has 0 spiro atoms. The van der Waals surface area contributed by atoms with Crippen molar-refractivity contribution in [2.24, 2.45) is 0 Å². The number of benzene rings is 3. The minimum atomic E-state index is 0.520. The van der Waals surface area contributed by atoms with Crippen molar-refractivity contribution < 1.29 is 0 Å². The van der Waals surface area contributed by atoms with Crippen LogP contribution in [0.5, 0.6) is 0 Å². The first-order chi connectivity index (χ1) is 18.2. The second kappa shape index (κ2) is 9.02. The molecule has 0 saturated carbocycles. The van der Waals surface area contributed by atoms with Gasteiger partial charge in [0.2, 0.25) is 4.96 Å². The van der Waals surface area contributed by atoms with Gasteiger partial charge in [-0.05, 0) is 42.6 Å². The normalized spacial score (nSPS) is 11.7. The van der Waals surface area contributed by atoms with E-state index in [4.69, 9.17) is 0 Å². The lowest BCUT2D eigenvalue weighted by molar-refractivity contribution is 0.872. The van der Waals surface area contributed by atoms with Gasteiger partial charge >= 0.3 is 0 Å². The molecule has 0 aliphatic heterocycles. The van der Waals surface area contributed by atoms with E-state index in [1.807, 2.05) is 46.7 Å². The molecule has 7 aromatic rings. The zero-order chi connectivity index (χ0) is 24.8. The largest absolute Gasteiger partial charge is 0.377 e. The summed E-state index contributed by atoms with van der Waals surface area (Å²) in [5.41, 5.74) is 7.19. The number of nitrogens with zero attached hydrogens (tertiary/aromatic N) is 7. The van der Waals surface area contributed by atoms with Gasteiger partial charge in [0.05, 0.1) is 39.9 Å². The number of thiazole rings is 1. The SMILES string of the molecule is Cc1ccc2c(c1)sc1nnc(CSn3nnc(CNc4cccc5cn[nH]c45)c3-c3ccccc3)n12. The molecule has 37 heavy (non-hydrogen) atoms. The Morgan fingerprint density at radius 2 is 1.92 bits per heavy atom. The zero-order valence-corrected chi connectivity index (χ0v) is 21.4. The van der Waals surface area contributed by atoms with Crippen molar-refractivity contribution in [2.75, 3.05) is 5.32 Å². The minimum absolute atomic E-state index is 0.520. The van der Waals surface area contributed by atoms with Crippen LogP contribution in [0.15, 0.2) is 72.9 Å². The predicted molar refractivity (Wildman–Crippen MR) is 149 cm³/mol. The van der Waals surface area contributed by atoms with E-state index in [0.29, 0.717) is 12.3 Å². The maximum Gasteiger partial charge on any atom is 0.217 e. The van der Waals surface area contributed by atoms with Gasteiger partial charge in [-0.3, -0.25) is 9.50 Å². The number of hydrogen-bond donors (Lipinski definition) is 2. The number of H-pyrrole nitrogens is 1. The van der Waals surface area contributed by atoms with Crippen LogP contribution in [0.3, 0.4) is 0 Å². The van der Waals surface area contributed by atoms with E-state index < -0.39 is 0 Å². The first kappa shape index (κ1) is 22.0. The number of rotatable bonds is 7. The first-order valence-electron chi connectivity index (χ1n) is 11.8. The van der Waals surface area contributed by atoms with Crippen LogP contribution < -0.4 is 5.32 Å². The van der Waals surface area contributed by atoms with Crippen LogP contribution in [0, 0.1) is 6.92 Å². The van der Waals surface area contributed by atoms with Crippen LogP contribution in [0.25, 0.3) is 37.3 Å². The predicted octanol–water partition coefficient (Wildman–Crippen LogP) is 5.70. The van der Waals surface area contributed by atoms with E-state index in [0.717, 1.165) is 49.8 Å². The zero-order valence-electron chi connectivity index (χ0n) is 19.8. The second-order valence-electron chi connectivity index (χ2n) is 8.70. The maximum atomic E-state index is 4.55. The average Bonchev–Trinajstić information content (AvgIpc) is 3.70. The van der Waals surface area contributed by atoms with Crippen molar-refractivity contribution in [3.8, 4) is 11.3 Å². The number of aromatic nitrogens is 8. The van der Waals surface area contributed by atoms with Gasteiger partial charge in [0.15, 0.2) is 5.82 Å². The fourth-order valence-electron chi connectivity index (χ4n) is 4.48. The smallest absolute Gasteiger partial charge is 0.217 e. The van der Waals surface area contributed by atoms with Gasteiger partial charge < -0.3 is 5.32 Å². The summed E-state index contributed by atoms with van der Waals surface area (Å²) in [5, 5.41) is 29.8. The van der Waals surface area contributed by atoms with Crippen molar-refractivity contribution in [1.82, 2.24) is 39.2 Å². The van der Waals surface area contributed by atoms with E-state index in [1.165, 1.54) is 10.3 Å². The number of aromatic amines is 1. The van der Waals surface area contributed by atoms with Crippen molar-refractivity contribution in [1.29, 1.82) is 0 Å². The molecule has 0 fully saturated rings. The fraction of sp³-hybridized carbons (Fsp3) is 0.115. The van der Waals surface area contributed by atoms with Gasteiger partial charge in [-0.2, -0.15) is 9.19 Å². The molecule has 0 saturated heterocycles. The summed E-state index contributed by atoms with van der Waals surface area (Å²) >= 11 is 3.21. The van der Waals surface area contributed by atoms with E-state index >= 15 is 0 Å². The molecule has 3 aromatic carbocycles. The third kappa shape index (κ3) is 3.92. The highest BCUT2D eigenvalue weighted by molar-refractivity contribution is 7.97. The molecular weight excluding hydrogens is 502 g/mol. The molecule has 0 radical (unpaired) electrons. The Hall–Kier alpha value is -4.22. The van der Waals surface area contributed by atoms with Crippen molar-refractivity contribution >= 4 is 55.1 Å². The topological polar surface area (TPSA) is 102 Å². The summed E-state index contributed by atoms with van der Waals surface area (Å²) in [6, 6.07) is 22.8. The summed E-state index contributed by atoms with van der Waals surface area (Å²) in [5.74, 6) is 1.49. The molecule has 9 nitrogen and oxygen atoms in total. The number of nitrogens with one attached hydrogen (secondary N) is 2. The van der Waals surface area contributed by atoms with E-state index in [2.05, 4.69) is 77.7 Å². The number of anilines is 1. The van der Waals surface area contributed by atoms with Gasteiger partial charge in [-0.1, -0.05) is 65.1 Å². The van der Waals surface area contributed by atoms with Crippen LogP contribution >= 0.6 is 23.3 Å². The summed E-state index contributed by atoms with van der Waals surface area (Å²) < 4.78 is 5.24. The molecule has 182 valence electrons. The van der Waals surface area contributed by atoms with E-state index in [-0.39, 0.29) is 0 Å². The quantitative estimate of drug-likeness (QED) is 0.276. The second-order valence-corrected chi connectivity index (χ2v) is 10.6. The maximum absolute atomic E-state index is 4.55. The monoisotopic (exact) mass is 523 g/mol. The third-order valence-electron chi connectivity index (χ3n) is 6.26. The highest BCUT2D eigenvalue weighted by Crippen LogP contribution is 2.31. The Labute approximate surface area is 219 Å². The lowest BCUT2D eigenvalue weighted by atomic mass is 10.1. The van der Waals surface area contributed by atoms with Crippen LogP contribution in [-0.2, 0) is 12.3 Å². The van der Waals surface area contributed by atoms with Crippen molar-refractivity contribution in [2.45, 2.75) is 19.2 Å². The number of para-hydroxylation sites is 1. The van der Waals surface area contributed by atoms with Crippen LogP contribution in [-0.4, -0.2) is 39.2 Å². The Kier molecular flexibility index (Phi) is 5.37. The summed E-state index contributed by atoms with van der Waals surface area (Å²) in [7, 11) is 0. The average molecular weight is 524 g/mol. The Morgan fingerprint density at radius 3 is 2.84 bits per heavy atom. The van der Waals surface area contributed by atoms with Gasteiger partial charge in [0.25, 0.3) is 0 Å². The molecule has 0 aliphatic carbocycles. The number of aryl methyl sites for hydroxylation is 1. The van der Waals surface area contributed by atoms with E-state index in [1.54, 1.807) is 23.3 Å². The first-order valence-corrected chi connectivity index (χ1v) is 13.5. The standard InChI is InChI=1S/C26H21N9S2/c1-16-10-11-21-22(12-16)37-26-32-30-23(34(21)26)15-36-35-25(17-6-3-2-4-7-17)20(29-33-35)14-27-19-9-5-8-18-13-28-31-24(18)19/h2-13,27H,14-15H2,1H3,(H,28,31). The van der Waals surface area contributed by atoms with Crippen LogP contribution in [0.2, 0.25) is 0 Å². The lowest BCUT2D eigenvalue weighted by Crippen LogP contribution is -2.03. The molecule has 2 N–H and O–H groups in total. The van der Waals surface area contributed by atoms with Crippen molar-refractivity contribution in [3.63, 3.8) is 0 Å². The number of fused-ring (bicyclic) bond motifs is 4. The van der Waals surface area contributed by atoms with E-state index in [9.17, 15) is 0 Å². The van der Waals surface area contributed by atoms with Gasteiger partial charge in [-0.15, -0.1) is 15.3 Å².